The summed E-state index contributed by atoms with van der Waals surface area (Å²) in [4.78, 5) is 2.32. The monoisotopic (exact) mass is 264 g/mol. The van der Waals surface area contributed by atoms with E-state index in [9.17, 15) is 0 Å². The lowest BCUT2D eigenvalue weighted by Crippen LogP contribution is -2.23. The average molecular weight is 264 g/mol. The van der Waals surface area contributed by atoms with Gasteiger partial charge in [-0.3, -0.25) is 0 Å². The number of hydrogen-bond acceptors (Lipinski definition) is 3. The van der Waals surface area contributed by atoms with Crippen LogP contribution in [0.3, 0.4) is 0 Å². The minimum Gasteiger partial charge on any atom is -0.383 e. The molecule has 0 aliphatic rings. The minimum atomic E-state index is 0.681. The first-order valence-corrected chi connectivity index (χ1v) is 7.05. The summed E-state index contributed by atoms with van der Waals surface area (Å²) in [5.74, 6) is 0.681. The first-order valence-electron chi connectivity index (χ1n) is 7.05. The molecule has 19 heavy (non-hydrogen) atoms. The first-order chi connectivity index (χ1) is 9.04. The van der Waals surface area contributed by atoms with E-state index in [-0.39, 0.29) is 0 Å². The van der Waals surface area contributed by atoms with Crippen LogP contribution in [-0.2, 0) is 11.3 Å². The van der Waals surface area contributed by atoms with Crippen LogP contribution in [0.5, 0.6) is 0 Å². The fourth-order valence-corrected chi connectivity index (χ4v) is 2.17. The molecule has 0 atom stereocenters. The van der Waals surface area contributed by atoms with Gasteiger partial charge in [0.15, 0.2) is 0 Å². The molecule has 3 heteroatoms. The van der Waals surface area contributed by atoms with Crippen molar-refractivity contribution < 1.29 is 4.74 Å². The van der Waals surface area contributed by atoms with Crippen molar-refractivity contribution in [3.8, 4) is 0 Å². The van der Waals surface area contributed by atoms with Gasteiger partial charge in [-0.05, 0) is 36.1 Å². The second-order valence-electron chi connectivity index (χ2n) is 5.55. The van der Waals surface area contributed by atoms with Gasteiger partial charge in [0.05, 0.1) is 6.61 Å². The molecule has 1 N–H and O–H groups in total. The molecule has 0 spiro atoms. The van der Waals surface area contributed by atoms with Gasteiger partial charge in [-0.15, -0.1) is 0 Å². The van der Waals surface area contributed by atoms with Crippen molar-refractivity contribution in [2.24, 2.45) is 5.92 Å². The van der Waals surface area contributed by atoms with E-state index in [1.807, 2.05) is 0 Å². The SMILES string of the molecule is COCCNCc1ccc(N(C)CC(C)C)cc1C. The third-order valence-electron chi connectivity index (χ3n) is 3.20. The van der Waals surface area contributed by atoms with Crippen molar-refractivity contribution in [2.45, 2.75) is 27.3 Å². The third kappa shape index (κ3) is 5.62. The Balaban J connectivity index is 2.58. The Hall–Kier alpha value is -1.06. The lowest BCUT2D eigenvalue weighted by Gasteiger charge is -2.22. The third-order valence-corrected chi connectivity index (χ3v) is 3.20. The molecule has 108 valence electrons. The molecule has 0 saturated heterocycles. The van der Waals surface area contributed by atoms with Crippen LogP contribution in [0.4, 0.5) is 5.69 Å². The molecule has 0 amide bonds. The predicted octanol–water partition coefficient (Wildman–Crippen LogP) is 2.82. The number of aryl methyl sites for hydroxylation is 1. The van der Waals surface area contributed by atoms with Crippen LogP contribution in [0.2, 0.25) is 0 Å². The fraction of sp³-hybridized carbons (Fsp3) is 0.625. The Morgan fingerprint density at radius 2 is 2.05 bits per heavy atom. The van der Waals surface area contributed by atoms with Crippen LogP contribution in [0.1, 0.15) is 25.0 Å². The molecular weight excluding hydrogens is 236 g/mol. The molecule has 1 aromatic carbocycles. The molecule has 0 radical (unpaired) electrons. The van der Waals surface area contributed by atoms with E-state index >= 15 is 0 Å². The van der Waals surface area contributed by atoms with E-state index in [1.54, 1.807) is 7.11 Å². The van der Waals surface area contributed by atoms with Crippen molar-refractivity contribution >= 4 is 5.69 Å². The number of rotatable bonds is 8. The molecule has 0 saturated carbocycles. The molecule has 0 bridgehead atoms. The molecule has 0 heterocycles. The van der Waals surface area contributed by atoms with Gasteiger partial charge in [0, 0.05) is 39.5 Å². The quantitative estimate of drug-likeness (QED) is 0.731. The number of methoxy groups -OCH3 is 1. The summed E-state index contributed by atoms with van der Waals surface area (Å²) >= 11 is 0. The number of hydrogen-bond donors (Lipinski definition) is 1. The van der Waals surface area contributed by atoms with E-state index < -0.39 is 0 Å². The molecule has 1 aromatic rings. The highest BCUT2D eigenvalue weighted by molar-refractivity contribution is 5.50. The normalized spacial score (nSPS) is 11.1. The molecule has 3 nitrogen and oxygen atoms in total. The van der Waals surface area contributed by atoms with E-state index in [0.717, 1.165) is 26.2 Å². The van der Waals surface area contributed by atoms with Crippen LogP contribution in [0, 0.1) is 12.8 Å². The summed E-state index contributed by atoms with van der Waals surface area (Å²) in [7, 11) is 3.89. The summed E-state index contributed by atoms with van der Waals surface area (Å²) < 4.78 is 5.03. The van der Waals surface area contributed by atoms with Crippen molar-refractivity contribution in [3.63, 3.8) is 0 Å². The average Bonchev–Trinajstić information content (AvgIpc) is 2.35. The largest absolute Gasteiger partial charge is 0.383 e. The topological polar surface area (TPSA) is 24.5 Å². The summed E-state index contributed by atoms with van der Waals surface area (Å²) in [6, 6.07) is 6.71. The van der Waals surface area contributed by atoms with Gasteiger partial charge in [-0.25, -0.2) is 0 Å². The van der Waals surface area contributed by atoms with E-state index in [2.05, 4.69) is 56.2 Å². The Morgan fingerprint density at radius 3 is 2.63 bits per heavy atom. The lowest BCUT2D eigenvalue weighted by molar-refractivity contribution is 0.199. The van der Waals surface area contributed by atoms with Gasteiger partial charge in [-0.2, -0.15) is 0 Å². The molecule has 1 rings (SSSR count). The van der Waals surface area contributed by atoms with Crippen molar-refractivity contribution in [2.75, 3.05) is 38.8 Å². The predicted molar refractivity (Wildman–Crippen MR) is 82.9 cm³/mol. The van der Waals surface area contributed by atoms with Crippen LogP contribution in [-0.4, -0.2) is 33.9 Å². The van der Waals surface area contributed by atoms with Crippen molar-refractivity contribution in [1.29, 1.82) is 0 Å². The zero-order valence-corrected chi connectivity index (χ0v) is 13.0. The second kappa shape index (κ2) is 8.18. The second-order valence-corrected chi connectivity index (χ2v) is 5.55. The first kappa shape index (κ1) is 16.0. The molecule has 0 aliphatic heterocycles. The van der Waals surface area contributed by atoms with Crippen LogP contribution >= 0.6 is 0 Å². The number of nitrogens with one attached hydrogen (secondary N) is 1. The van der Waals surface area contributed by atoms with Gasteiger partial charge in [0.2, 0.25) is 0 Å². The van der Waals surface area contributed by atoms with Gasteiger partial charge < -0.3 is 15.0 Å². The highest BCUT2D eigenvalue weighted by atomic mass is 16.5. The Kier molecular flexibility index (Phi) is 6.89. The molecule has 0 fully saturated rings. The van der Waals surface area contributed by atoms with Gasteiger partial charge in [-0.1, -0.05) is 19.9 Å². The summed E-state index contributed by atoms with van der Waals surface area (Å²) in [6.45, 7) is 10.3. The lowest BCUT2D eigenvalue weighted by atomic mass is 10.1. The van der Waals surface area contributed by atoms with E-state index in [1.165, 1.54) is 16.8 Å². The van der Waals surface area contributed by atoms with Crippen molar-refractivity contribution in [3.05, 3.63) is 29.3 Å². The number of anilines is 1. The van der Waals surface area contributed by atoms with Gasteiger partial charge in [0.25, 0.3) is 0 Å². The summed E-state index contributed by atoms with van der Waals surface area (Å²) in [5.41, 5.74) is 4.00. The Labute approximate surface area is 118 Å². The maximum absolute atomic E-state index is 5.03. The number of benzene rings is 1. The Morgan fingerprint density at radius 1 is 1.32 bits per heavy atom. The number of nitrogens with zero attached hydrogens (tertiary/aromatic N) is 1. The highest BCUT2D eigenvalue weighted by Gasteiger charge is 2.05. The van der Waals surface area contributed by atoms with Crippen LogP contribution in [0.25, 0.3) is 0 Å². The summed E-state index contributed by atoms with van der Waals surface area (Å²) in [6.07, 6.45) is 0. The zero-order chi connectivity index (χ0) is 14.3. The smallest absolute Gasteiger partial charge is 0.0587 e. The molecular formula is C16H28N2O. The van der Waals surface area contributed by atoms with E-state index in [0.29, 0.717) is 5.92 Å². The standard InChI is InChI=1S/C16H28N2O/c1-13(2)12-18(4)16-7-6-15(14(3)10-16)11-17-8-9-19-5/h6-7,10,13,17H,8-9,11-12H2,1-5H3. The Bertz CT molecular complexity index is 377. The minimum absolute atomic E-state index is 0.681. The maximum Gasteiger partial charge on any atom is 0.0587 e. The molecule has 0 aliphatic carbocycles. The van der Waals surface area contributed by atoms with Crippen molar-refractivity contribution in [1.82, 2.24) is 5.32 Å². The maximum atomic E-state index is 5.03. The van der Waals surface area contributed by atoms with E-state index in [4.69, 9.17) is 4.74 Å². The number of ether oxygens (including phenoxy) is 1. The molecule has 0 aromatic heterocycles. The summed E-state index contributed by atoms with van der Waals surface area (Å²) in [5, 5.41) is 3.39. The highest BCUT2D eigenvalue weighted by Crippen LogP contribution is 2.19. The zero-order valence-electron chi connectivity index (χ0n) is 13.0. The fourth-order valence-electron chi connectivity index (χ4n) is 2.17. The molecule has 0 unspecified atom stereocenters. The van der Waals surface area contributed by atoms with Crippen LogP contribution < -0.4 is 10.2 Å². The van der Waals surface area contributed by atoms with Crippen LogP contribution in [0.15, 0.2) is 18.2 Å². The van der Waals surface area contributed by atoms with Gasteiger partial charge >= 0.3 is 0 Å². The van der Waals surface area contributed by atoms with Gasteiger partial charge in [0.1, 0.15) is 0 Å².